The number of hydrogen-bond acceptors (Lipinski definition) is 6. The Morgan fingerprint density at radius 2 is 1.89 bits per heavy atom. The van der Waals surface area contributed by atoms with Gasteiger partial charge in [-0.25, -0.2) is 15.0 Å². The first-order chi connectivity index (χ1) is 17.9. The van der Waals surface area contributed by atoms with E-state index >= 15 is 0 Å². The van der Waals surface area contributed by atoms with Crippen LogP contribution in [0.3, 0.4) is 0 Å². The lowest BCUT2D eigenvalue weighted by atomic mass is 10.0. The predicted molar refractivity (Wildman–Crippen MR) is 143 cm³/mol. The van der Waals surface area contributed by atoms with E-state index in [4.69, 9.17) is 5.73 Å². The van der Waals surface area contributed by atoms with E-state index in [0.29, 0.717) is 30.3 Å². The molecule has 9 heteroatoms. The van der Waals surface area contributed by atoms with Crippen LogP contribution in [0.15, 0.2) is 48.9 Å². The van der Waals surface area contributed by atoms with E-state index in [1.807, 2.05) is 38.1 Å². The minimum absolute atomic E-state index is 0.0417. The second-order valence-corrected chi connectivity index (χ2v) is 9.11. The Kier molecular flexibility index (Phi) is 6.32. The zero-order chi connectivity index (χ0) is 26.1. The molecule has 1 saturated heterocycles. The highest BCUT2D eigenvalue weighted by molar-refractivity contribution is 6.05. The number of benzene rings is 1. The minimum atomic E-state index is -0.238. The van der Waals surface area contributed by atoms with Crippen LogP contribution in [0.5, 0.6) is 0 Å². The first-order valence-corrected chi connectivity index (χ1v) is 12.0. The van der Waals surface area contributed by atoms with Gasteiger partial charge in [0, 0.05) is 36.1 Å². The summed E-state index contributed by atoms with van der Waals surface area (Å²) in [6.45, 7) is 6.81. The largest absolute Gasteiger partial charge is 0.383 e. The topological polar surface area (TPSA) is 119 Å². The number of aryl methyl sites for hydroxylation is 1. The van der Waals surface area contributed by atoms with Gasteiger partial charge in [0.1, 0.15) is 23.6 Å². The molecule has 37 heavy (non-hydrogen) atoms. The van der Waals surface area contributed by atoms with Gasteiger partial charge >= 0.3 is 0 Å². The van der Waals surface area contributed by atoms with Crippen molar-refractivity contribution < 1.29 is 9.59 Å². The normalized spacial score (nSPS) is 14.9. The molecular weight excluding hydrogens is 466 g/mol. The summed E-state index contributed by atoms with van der Waals surface area (Å²) in [7, 11) is 0. The molecule has 3 N–H and O–H groups in total. The third-order valence-electron chi connectivity index (χ3n) is 6.70. The van der Waals surface area contributed by atoms with Gasteiger partial charge in [-0.2, -0.15) is 0 Å². The number of hydrogen-bond donors (Lipinski definition) is 2. The van der Waals surface area contributed by atoms with E-state index in [1.54, 1.807) is 30.2 Å². The van der Waals surface area contributed by atoms with Crippen LogP contribution in [0.4, 0.5) is 11.6 Å². The van der Waals surface area contributed by atoms with E-state index in [2.05, 4.69) is 36.7 Å². The molecule has 2 amide bonds. The number of likely N-dealkylation sites (tertiary alicyclic amines) is 1. The zero-order valence-electron chi connectivity index (χ0n) is 20.9. The average molecular weight is 494 g/mol. The standard InChI is InChI=1S/C28H27N7O2/c1-4-5-23(36)34-13-11-21(15-34)35-18(3)24(25-26(29)31-16-32-27(25)35)19-6-8-20(9-7-19)28(37)33-22-14-17(2)10-12-30-22/h6-10,12,14,16,21H,11,13,15H2,1-3H3,(H2,29,31,32)(H,30,33,37). The van der Waals surface area contributed by atoms with Crippen LogP contribution in [0.25, 0.3) is 22.2 Å². The number of nitrogens with zero attached hydrogens (tertiary/aromatic N) is 5. The van der Waals surface area contributed by atoms with Gasteiger partial charge in [-0.3, -0.25) is 9.59 Å². The molecule has 0 saturated carbocycles. The lowest BCUT2D eigenvalue weighted by Gasteiger charge is -2.17. The first kappa shape index (κ1) is 24.0. The molecule has 4 heterocycles. The molecule has 9 nitrogen and oxygen atoms in total. The fourth-order valence-corrected chi connectivity index (χ4v) is 4.98. The molecule has 4 aromatic rings. The number of fused-ring (bicyclic) bond motifs is 1. The number of rotatable bonds is 4. The summed E-state index contributed by atoms with van der Waals surface area (Å²) in [5.41, 5.74) is 11.4. The first-order valence-electron chi connectivity index (χ1n) is 12.0. The molecule has 1 aliphatic heterocycles. The van der Waals surface area contributed by atoms with Crippen LogP contribution in [0.1, 0.15) is 41.0 Å². The smallest absolute Gasteiger partial charge is 0.298 e. The molecule has 3 aromatic heterocycles. The number of carbonyl (C=O) groups excluding carboxylic acids is 2. The van der Waals surface area contributed by atoms with E-state index in [9.17, 15) is 9.59 Å². The van der Waals surface area contributed by atoms with Gasteiger partial charge in [0.05, 0.1) is 11.4 Å². The molecule has 0 radical (unpaired) electrons. The van der Waals surface area contributed by atoms with E-state index < -0.39 is 0 Å². The molecule has 1 unspecified atom stereocenters. The monoisotopic (exact) mass is 493 g/mol. The van der Waals surface area contributed by atoms with Gasteiger partial charge in [-0.15, -0.1) is 0 Å². The summed E-state index contributed by atoms with van der Waals surface area (Å²) in [6, 6.07) is 11.1. The Balaban J connectivity index is 1.49. The Hall–Kier alpha value is -4.71. The number of anilines is 2. The van der Waals surface area contributed by atoms with Crippen LogP contribution in [-0.2, 0) is 4.79 Å². The molecular formula is C28H27N7O2. The van der Waals surface area contributed by atoms with Crippen LogP contribution in [0, 0.1) is 25.7 Å². The predicted octanol–water partition coefficient (Wildman–Crippen LogP) is 3.74. The summed E-state index contributed by atoms with van der Waals surface area (Å²) in [5.74, 6) is 5.80. The summed E-state index contributed by atoms with van der Waals surface area (Å²) >= 11 is 0. The van der Waals surface area contributed by atoms with E-state index in [0.717, 1.165) is 39.8 Å². The number of nitrogens with two attached hydrogens (primary N) is 1. The zero-order valence-corrected chi connectivity index (χ0v) is 20.9. The van der Waals surface area contributed by atoms with E-state index in [-0.39, 0.29) is 17.9 Å². The molecule has 1 aliphatic rings. The molecule has 0 aliphatic carbocycles. The third-order valence-corrected chi connectivity index (χ3v) is 6.70. The Bertz CT molecular complexity index is 1580. The maximum Gasteiger partial charge on any atom is 0.298 e. The summed E-state index contributed by atoms with van der Waals surface area (Å²) in [4.78, 5) is 39.9. The SMILES string of the molecule is CC#CC(=O)N1CCC(n2c(C)c(-c3ccc(C(=O)Nc4cc(C)ccn4)cc3)c3c(N)ncnc32)C1. The number of nitrogens with one attached hydrogen (secondary N) is 1. The Morgan fingerprint density at radius 1 is 1.11 bits per heavy atom. The number of pyridine rings is 1. The van der Waals surface area contributed by atoms with Gasteiger partial charge < -0.3 is 20.5 Å². The van der Waals surface area contributed by atoms with Crippen molar-refractivity contribution in [2.24, 2.45) is 0 Å². The number of amides is 2. The molecule has 1 atom stereocenters. The van der Waals surface area contributed by atoms with Crippen molar-refractivity contribution in [3.8, 4) is 23.0 Å². The van der Waals surface area contributed by atoms with Crippen molar-refractivity contribution in [1.82, 2.24) is 24.4 Å². The lowest BCUT2D eigenvalue weighted by molar-refractivity contribution is -0.124. The van der Waals surface area contributed by atoms with Crippen molar-refractivity contribution in [3.05, 3.63) is 65.7 Å². The molecule has 1 aromatic carbocycles. The maximum atomic E-state index is 12.8. The van der Waals surface area contributed by atoms with Gasteiger partial charge in [0.2, 0.25) is 0 Å². The van der Waals surface area contributed by atoms with Crippen LogP contribution in [-0.4, -0.2) is 49.3 Å². The fourth-order valence-electron chi connectivity index (χ4n) is 4.98. The second-order valence-electron chi connectivity index (χ2n) is 9.11. The van der Waals surface area contributed by atoms with Gasteiger partial charge in [-0.1, -0.05) is 18.1 Å². The molecule has 0 bridgehead atoms. The van der Waals surface area contributed by atoms with Crippen molar-refractivity contribution in [2.75, 3.05) is 24.1 Å². The van der Waals surface area contributed by atoms with Crippen molar-refractivity contribution >= 4 is 34.5 Å². The molecule has 186 valence electrons. The third kappa shape index (κ3) is 4.49. The van der Waals surface area contributed by atoms with Crippen LogP contribution < -0.4 is 11.1 Å². The molecule has 5 rings (SSSR count). The number of nitrogen functional groups attached to an aromatic ring is 1. The highest BCUT2D eigenvalue weighted by Crippen LogP contribution is 2.39. The lowest BCUT2D eigenvalue weighted by Crippen LogP contribution is -2.27. The number of aromatic nitrogens is 4. The van der Waals surface area contributed by atoms with Crippen LogP contribution in [0.2, 0.25) is 0 Å². The summed E-state index contributed by atoms with van der Waals surface area (Å²) in [6.07, 6.45) is 3.91. The molecule has 0 spiro atoms. The molecule has 1 fully saturated rings. The van der Waals surface area contributed by atoms with Crippen molar-refractivity contribution in [1.29, 1.82) is 0 Å². The van der Waals surface area contributed by atoms with Gasteiger partial charge in [-0.05, 0) is 68.5 Å². The summed E-state index contributed by atoms with van der Waals surface area (Å²) in [5, 5.41) is 3.60. The quantitative estimate of drug-likeness (QED) is 0.418. The van der Waals surface area contributed by atoms with Gasteiger partial charge in [0.15, 0.2) is 0 Å². The Labute approximate surface area is 214 Å². The van der Waals surface area contributed by atoms with Crippen molar-refractivity contribution in [2.45, 2.75) is 33.2 Å². The second kappa shape index (κ2) is 9.74. The maximum absolute atomic E-state index is 12.8. The van der Waals surface area contributed by atoms with Crippen molar-refractivity contribution in [3.63, 3.8) is 0 Å². The number of carbonyl (C=O) groups is 2. The van der Waals surface area contributed by atoms with E-state index in [1.165, 1.54) is 6.33 Å². The average Bonchev–Trinajstić information content (AvgIpc) is 3.47. The Morgan fingerprint density at radius 3 is 2.62 bits per heavy atom. The fraction of sp³-hybridized carbons (Fsp3) is 0.250. The minimum Gasteiger partial charge on any atom is -0.383 e. The van der Waals surface area contributed by atoms with Gasteiger partial charge in [0.25, 0.3) is 11.8 Å². The highest BCUT2D eigenvalue weighted by Gasteiger charge is 2.31. The highest BCUT2D eigenvalue weighted by atomic mass is 16.2. The summed E-state index contributed by atoms with van der Waals surface area (Å²) < 4.78 is 2.15. The van der Waals surface area contributed by atoms with Crippen LogP contribution >= 0.6 is 0 Å².